The van der Waals surface area contributed by atoms with Crippen LogP contribution in [0.5, 0.6) is 0 Å². The highest BCUT2D eigenvalue weighted by Crippen LogP contribution is 2.32. The molecule has 2 fully saturated rings. The van der Waals surface area contributed by atoms with Crippen molar-refractivity contribution in [3.8, 4) is 0 Å². The minimum Gasteiger partial charge on any atom is -0.370 e. The van der Waals surface area contributed by atoms with E-state index < -0.39 is 0 Å². The molecule has 1 amide bonds. The molecule has 5 heterocycles. The van der Waals surface area contributed by atoms with Gasteiger partial charge in [0, 0.05) is 24.2 Å². The summed E-state index contributed by atoms with van der Waals surface area (Å²) in [5.41, 5.74) is 1.27. The van der Waals surface area contributed by atoms with Gasteiger partial charge in [0.1, 0.15) is 16.2 Å². The number of halogens is 1. The Morgan fingerprint density at radius 2 is 1.95 bits per heavy atom. The fourth-order valence-electron chi connectivity index (χ4n) is 6.18. The van der Waals surface area contributed by atoms with Crippen molar-refractivity contribution < 1.29 is 4.79 Å². The van der Waals surface area contributed by atoms with E-state index in [1.54, 1.807) is 6.07 Å². The monoisotopic (exact) mass is 580 g/mol. The van der Waals surface area contributed by atoms with Gasteiger partial charge in [0.15, 0.2) is 5.65 Å². The maximum Gasteiger partial charge on any atom is 0.258 e. The van der Waals surface area contributed by atoms with E-state index in [1.165, 1.54) is 43.7 Å². The maximum absolute atomic E-state index is 13.8. The Balaban J connectivity index is 1.29. The van der Waals surface area contributed by atoms with Gasteiger partial charge in [-0.1, -0.05) is 11.6 Å². The zero-order valence-electron chi connectivity index (χ0n) is 23.0. The molecule has 0 aliphatic carbocycles. The molecule has 4 aromatic rings. The molecular formula is C30H37ClN6O2S. The first-order valence-corrected chi connectivity index (χ1v) is 15.7. The van der Waals surface area contributed by atoms with Crippen molar-refractivity contribution in [2.45, 2.75) is 51.0 Å². The summed E-state index contributed by atoms with van der Waals surface area (Å²) in [6.07, 6.45) is 8.04. The van der Waals surface area contributed by atoms with E-state index in [0.29, 0.717) is 33.5 Å². The number of amides is 1. The predicted molar refractivity (Wildman–Crippen MR) is 165 cm³/mol. The van der Waals surface area contributed by atoms with Crippen molar-refractivity contribution in [1.29, 1.82) is 0 Å². The van der Waals surface area contributed by atoms with Crippen molar-refractivity contribution in [3.63, 3.8) is 0 Å². The number of pyridine rings is 2. The second-order valence-electron chi connectivity index (χ2n) is 11.1. The topological polar surface area (TPSA) is 82.0 Å². The van der Waals surface area contributed by atoms with Crippen LogP contribution in [0.25, 0.3) is 26.1 Å². The lowest BCUT2D eigenvalue weighted by atomic mass is 10.1. The van der Waals surface area contributed by atoms with Crippen LogP contribution in [0, 0.1) is 0 Å². The normalized spacial score (nSPS) is 18.4. The molecular weight excluding hydrogens is 544 g/mol. The van der Waals surface area contributed by atoms with Crippen LogP contribution in [-0.2, 0) is 0 Å². The van der Waals surface area contributed by atoms with Gasteiger partial charge in [-0.25, -0.2) is 4.98 Å². The molecule has 40 heavy (non-hydrogen) atoms. The number of rotatable bonds is 10. The summed E-state index contributed by atoms with van der Waals surface area (Å²) in [5, 5.41) is 7.50. The quantitative estimate of drug-likeness (QED) is 0.250. The number of hydrogen-bond donors (Lipinski definition) is 2. The van der Waals surface area contributed by atoms with Gasteiger partial charge in [0.25, 0.3) is 5.91 Å². The van der Waals surface area contributed by atoms with Crippen molar-refractivity contribution in [3.05, 3.63) is 51.1 Å². The van der Waals surface area contributed by atoms with E-state index in [0.717, 1.165) is 61.4 Å². The number of unbranched alkanes of at least 4 members (excludes halogenated alkanes) is 1. The number of anilines is 1. The summed E-state index contributed by atoms with van der Waals surface area (Å²) >= 11 is 7.82. The summed E-state index contributed by atoms with van der Waals surface area (Å²) in [6, 6.07) is 9.76. The van der Waals surface area contributed by atoms with E-state index in [9.17, 15) is 9.59 Å². The number of carbonyl (C=O) groups is 1. The van der Waals surface area contributed by atoms with Crippen molar-refractivity contribution >= 4 is 60.7 Å². The third-order valence-corrected chi connectivity index (χ3v) is 9.79. The second-order valence-corrected chi connectivity index (χ2v) is 12.6. The minimum atomic E-state index is -0.331. The van der Waals surface area contributed by atoms with Crippen molar-refractivity contribution in [2.75, 3.05) is 51.6 Å². The Hall–Kier alpha value is -2.72. The highest BCUT2D eigenvalue weighted by Gasteiger charge is 2.24. The van der Waals surface area contributed by atoms with Gasteiger partial charge >= 0.3 is 0 Å². The van der Waals surface area contributed by atoms with E-state index >= 15 is 0 Å². The van der Waals surface area contributed by atoms with Crippen molar-refractivity contribution in [1.82, 2.24) is 24.5 Å². The minimum absolute atomic E-state index is 0.175. The third kappa shape index (κ3) is 5.57. The third-order valence-electron chi connectivity index (χ3n) is 8.41. The molecule has 0 radical (unpaired) electrons. The van der Waals surface area contributed by atoms with Crippen LogP contribution in [-0.4, -0.2) is 77.4 Å². The first-order chi connectivity index (χ1) is 19.5. The van der Waals surface area contributed by atoms with Gasteiger partial charge in [-0.2, -0.15) is 0 Å². The smallest absolute Gasteiger partial charge is 0.258 e. The summed E-state index contributed by atoms with van der Waals surface area (Å²) < 4.78 is 2.88. The van der Waals surface area contributed by atoms with E-state index in [-0.39, 0.29) is 16.9 Å². The van der Waals surface area contributed by atoms with Crippen molar-refractivity contribution in [2.24, 2.45) is 0 Å². The SMILES string of the molecule is CN1CCCC1CCNC(=O)c1c(=O)c2ccc(NCCCCN3CCCC3)nc2n2c1sc1ccc(Cl)cc12. The van der Waals surface area contributed by atoms with Gasteiger partial charge in [0.05, 0.1) is 15.6 Å². The van der Waals surface area contributed by atoms with Gasteiger partial charge in [-0.3, -0.25) is 14.0 Å². The lowest BCUT2D eigenvalue weighted by Gasteiger charge is -2.19. The molecule has 2 saturated heterocycles. The molecule has 1 aromatic carbocycles. The summed E-state index contributed by atoms with van der Waals surface area (Å²) in [5.74, 6) is 0.393. The van der Waals surface area contributed by atoms with Gasteiger partial charge in [0.2, 0.25) is 5.43 Å². The number of benzene rings is 1. The molecule has 2 N–H and O–H groups in total. The summed E-state index contributed by atoms with van der Waals surface area (Å²) in [6.45, 7) is 6.04. The number of thiazole rings is 1. The number of nitrogens with one attached hydrogen (secondary N) is 2. The largest absolute Gasteiger partial charge is 0.370 e. The molecule has 3 aromatic heterocycles. The van der Waals surface area contributed by atoms with Crippen LogP contribution < -0.4 is 16.1 Å². The summed E-state index contributed by atoms with van der Waals surface area (Å²) in [4.78, 5) is 37.6. The Kier molecular flexibility index (Phi) is 8.25. The van der Waals surface area contributed by atoms with E-state index in [2.05, 4.69) is 27.5 Å². The van der Waals surface area contributed by atoms with E-state index in [4.69, 9.17) is 16.6 Å². The molecule has 1 atom stereocenters. The average molecular weight is 581 g/mol. The Morgan fingerprint density at radius 3 is 2.75 bits per heavy atom. The zero-order valence-corrected chi connectivity index (χ0v) is 24.6. The zero-order chi connectivity index (χ0) is 27.6. The standard InChI is InChI=1S/C30H37ClN6O2S/c1-35-15-6-7-21(35)12-14-33-29(39)26-27(38)22-9-11-25(32-13-2-3-16-36-17-4-5-18-36)34-28(22)37-23-19-20(31)8-10-24(23)40-30(26)37/h8-11,19,21H,2-7,12-18H2,1H3,(H,32,34)(H,33,39). The fraction of sp³-hybridized carbons (Fsp3) is 0.500. The number of likely N-dealkylation sites (tertiary alicyclic amines) is 2. The average Bonchev–Trinajstić information content (AvgIpc) is 3.69. The number of carbonyl (C=O) groups excluding carboxylic acids is 1. The van der Waals surface area contributed by atoms with Crippen LogP contribution >= 0.6 is 22.9 Å². The van der Waals surface area contributed by atoms with Gasteiger partial charge < -0.3 is 20.4 Å². The van der Waals surface area contributed by atoms with Crippen LogP contribution in [0.3, 0.4) is 0 Å². The maximum atomic E-state index is 13.8. The molecule has 212 valence electrons. The van der Waals surface area contributed by atoms with Gasteiger partial charge in [-0.15, -0.1) is 11.3 Å². The lowest BCUT2D eigenvalue weighted by molar-refractivity contribution is 0.0951. The first-order valence-electron chi connectivity index (χ1n) is 14.5. The molecule has 8 nitrogen and oxygen atoms in total. The molecule has 0 saturated carbocycles. The number of aromatic nitrogens is 2. The Labute approximate surface area is 243 Å². The Morgan fingerprint density at radius 1 is 1.10 bits per heavy atom. The highest BCUT2D eigenvalue weighted by atomic mass is 35.5. The Bertz CT molecular complexity index is 1590. The summed E-state index contributed by atoms with van der Waals surface area (Å²) in [7, 11) is 2.13. The predicted octanol–water partition coefficient (Wildman–Crippen LogP) is 5.22. The molecule has 2 aliphatic heterocycles. The number of nitrogens with zero attached hydrogens (tertiary/aromatic N) is 4. The fourth-order valence-corrected chi connectivity index (χ4v) is 7.51. The van der Waals surface area contributed by atoms with E-state index in [1.807, 2.05) is 28.7 Å². The highest BCUT2D eigenvalue weighted by molar-refractivity contribution is 7.24. The molecule has 0 bridgehead atoms. The lowest BCUT2D eigenvalue weighted by Crippen LogP contribution is -2.34. The molecule has 10 heteroatoms. The number of hydrogen-bond acceptors (Lipinski definition) is 7. The molecule has 2 aliphatic rings. The van der Waals surface area contributed by atoms with Crippen LogP contribution in [0.15, 0.2) is 35.1 Å². The second kappa shape index (κ2) is 12.0. The van der Waals surface area contributed by atoms with Crippen LogP contribution in [0.1, 0.15) is 55.3 Å². The molecule has 0 spiro atoms. The van der Waals surface area contributed by atoms with Gasteiger partial charge in [-0.05, 0) is 109 Å². The number of fused-ring (bicyclic) bond motifs is 5. The van der Waals surface area contributed by atoms with Crippen LogP contribution in [0.4, 0.5) is 5.82 Å². The van der Waals surface area contributed by atoms with Crippen LogP contribution in [0.2, 0.25) is 5.02 Å². The molecule has 1 unspecified atom stereocenters. The first kappa shape index (κ1) is 27.4. The molecule has 6 rings (SSSR count).